The van der Waals surface area contributed by atoms with Crippen LogP contribution in [0, 0.1) is 10.1 Å². The molecule has 110 valence electrons. The van der Waals surface area contributed by atoms with Crippen LogP contribution in [0.4, 0.5) is 17.2 Å². The van der Waals surface area contributed by atoms with E-state index < -0.39 is 4.92 Å². The van der Waals surface area contributed by atoms with Gasteiger partial charge in [0.15, 0.2) is 0 Å². The van der Waals surface area contributed by atoms with Crippen molar-refractivity contribution in [3.05, 3.63) is 63.9 Å². The number of hydrogen-bond acceptors (Lipinski definition) is 5. The number of benzene rings is 2. The summed E-state index contributed by atoms with van der Waals surface area (Å²) in [4.78, 5) is 20.7. The van der Waals surface area contributed by atoms with Crippen molar-refractivity contribution in [2.75, 3.05) is 11.9 Å². The van der Waals surface area contributed by atoms with E-state index >= 15 is 0 Å². The first kappa shape index (κ1) is 14.2. The first-order chi connectivity index (χ1) is 10.6. The highest BCUT2D eigenvalue weighted by Gasteiger charge is 2.14. The van der Waals surface area contributed by atoms with Gasteiger partial charge >= 0.3 is 0 Å². The second kappa shape index (κ2) is 5.57. The largest absolute Gasteiger partial charge is 0.329 e. The number of anilines is 2. The Morgan fingerprint density at radius 2 is 1.91 bits per heavy atom. The smallest absolute Gasteiger partial charge is 0.271 e. The lowest BCUT2D eigenvalue weighted by Gasteiger charge is -2.19. The molecule has 22 heavy (non-hydrogen) atoms. The Labute approximate surface area is 131 Å². The van der Waals surface area contributed by atoms with Gasteiger partial charge in [-0.3, -0.25) is 10.1 Å². The first-order valence-electron chi connectivity index (χ1n) is 6.47. The Hall–Kier alpha value is -2.73. The quantitative estimate of drug-likeness (QED) is 0.415. The summed E-state index contributed by atoms with van der Waals surface area (Å²) in [6, 6.07) is 13.8. The van der Waals surface area contributed by atoms with Crippen LogP contribution in [0.2, 0.25) is 5.28 Å². The van der Waals surface area contributed by atoms with Crippen LogP contribution in [0.5, 0.6) is 0 Å². The average Bonchev–Trinajstić information content (AvgIpc) is 2.53. The summed E-state index contributed by atoms with van der Waals surface area (Å²) >= 11 is 5.98. The van der Waals surface area contributed by atoms with Crippen molar-refractivity contribution in [2.24, 2.45) is 0 Å². The van der Waals surface area contributed by atoms with E-state index in [1.54, 1.807) is 24.1 Å². The van der Waals surface area contributed by atoms with Crippen molar-refractivity contribution < 1.29 is 4.92 Å². The van der Waals surface area contributed by atoms with Gasteiger partial charge < -0.3 is 4.90 Å². The molecule has 0 saturated heterocycles. The Morgan fingerprint density at radius 1 is 1.14 bits per heavy atom. The third kappa shape index (κ3) is 2.56. The maximum Gasteiger partial charge on any atom is 0.271 e. The monoisotopic (exact) mass is 314 g/mol. The van der Waals surface area contributed by atoms with Crippen LogP contribution < -0.4 is 4.90 Å². The fourth-order valence-corrected chi connectivity index (χ4v) is 2.40. The number of hydrogen-bond donors (Lipinski definition) is 0. The van der Waals surface area contributed by atoms with E-state index in [1.807, 2.05) is 24.3 Å². The number of aromatic nitrogens is 2. The molecule has 0 aliphatic carbocycles. The molecule has 1 heterocycles. The van der Waals surface area contributed by atoms with Crippen molar-refractivity contribution in [1.82, 2.24) is 9.97 Å². The fraction of sp³-hybridized carbons (Fsp3) is 0.0667. The molecular weight excluding hydrogens is 304 g/mol. The van der Waals surface area contributed by atoms with E-state index in [9.17, 15) is 10.1 Å². The predicted molar refractivity (Wildman–Crippen MR) is 85.7 cm³/mol. The van der Waals surface area contributed by atoms with E-state index in [1.165, 1.54) is 12.1 Å². The third-order valence-corrected chi connectivity index (χ3v) is 3.47. The van der Waals surface area contributed by atoms with Gasteiger partial charge in [-0.15, -0.1) is 0 Å². The number of para-hydroxylation sites is 1. The number of halogens is 1. The summed E-state index contributed by atoms with van der Waals surface area (Å²) < 4.78 is 0. The number of non-ortho nitro benzene ring substituents is 1. The molecule has 2 aromatic carbocycles. The van der Waals surface area contributed by atoms with Crippen LogP contribution in [-0.4, -0.2) is 21.9 Å². The predicted octanol–water partition coefficient (Wildman–Crippen LogP) is 3.96. The average molecular weight is 315 g/mol. The van der Waals surface area contributed by atoms with Crippen LogP contribution in [0.25, 0.3) is 10.9 Å². The Balaban J connectivity index is 2.14. The van der Waals surface area contributed by atoms with E-state index in [-0.39, 0.29) is 11.0 Å². The minimum Gasteiger partial charge on any atom is -0.329 e. The van der Waals surface area contributed by atoms with Crippen molar-refractivity contribution in [3.63, 3.8) is 0 Å². The van der Waals surface area contributed by atoms with Gasteiger partial charge in [-0.2, -0.15) is 4.98 Å². The van der Waals surface area contributed by atoms with E-state index in [4.69, 9.17) is 11.6 Å². The summed E-state index contributed by atoms with van der Waals surface area (Å²) in [5.41, 5.74) is 1.39. The lowest BCUT2D eigenvalue weighted by Crippen LogP contribution is -2.12. The lowest BCUT2D eigenvalue weighted by atomic mass is 10.2. The Bertz CT molecular complexity index is 869. The van der Waals surface area contributed by atoms with Crippen LogP contribution in [0.1, 0.15) is 0 Å². The molecule has 1 aromatic heterocycles. The number of nitrogens with zero attached hydrogens (tertiary/aromatic N) is 4. The normalized spacial score (nSPS) is 10.6. The van der Waals surface area contributed by atoms with Gasteiger partial charge in [0.2, 0.25) is 5.28 Å². The fourth-order valence-electron chi connectivity index (χ4n) is 2.23. The second-order valence-corrected chi connectivity index (χ2v) is 5.01. The molecule has 3 rings (SSSR count). The molecule has 0 bridgehead atoms. The molecule has 0 fully saturated rings. The van der Waals surface area contributed by atoms with Gasteiger partial charge in [0.05, 0.1) is 10.4 Å². The molecule has 7 heteroatoms. The molecule has 0 radical (unpaired) electrons. The van der Waals surface area contributed by atoms with Gasteiger partial charge in [-0.05, 0) is 29.8 Å². The van der Waals surface area contributed by atoms with Gasteiger partial charge in [-0.1, -0.05) is 18.2 Å². The highest BCUT2D eigenvalue weighted by atomic mass is 35.5. The molecule has 3 aromatic rings. The summed E-state index contributed by atoms with van der Waals surface area (Å²) in [6.45, 7) is 0. The number of rotatable bonds is 3. The third-order valence-electron chi connectivity index (χ3n) is 3.30. The maximum absolute atomic E-state index is 10.9. The highest BCUT2D eigenvalue weighted by Crippen LogP contribution is 2.31. The molecule has 0 amide bonds. The standard InChI is InChI=1S/C15H11ClN4O2/c1-19(10-5-4-6-11(9-10)20(21)22)14-12-7-2-3-8-13(12)17-15(16)18-14/h2-9H,1H3. The van der Waals surface area contributed by atoms with Gasteiger partial charge in [0.1, 0.15) is 5.82 Å². The van der Waals surface area contributed by atoms with Crippen molar-refractivity contribution in [2.45, 2.75) is 0 Å². The van der Waals surface area contributed by atoms with Gasteiger partial charge in [-0.25, -0.2) is 4.98 Å². The first-order valence-corrected chi connectivity index (χ1v) is 6.84. The summed E-state index contributed by atoms with van der Waals surface area (Å²) in [5.74, 6) is 0.594. The summed E-state index contributed by atoms with van der Waals surface area (Å²) in [5, 5.41) is 11.9. The van der Waals surface area contributed by atoms with Crippen molar-refractivity contribution in [1.29, 1.82) is 0 Å². The van der Waals surface area contributed by atoms with Crippen LogP contribution in [0.3, 0.4) is 0 Å². The molecule has 0 N–H and O–H groups in total. The van der Waals surface area contributed by atoms with Crippen LogP contribution in [-0.2, 0) is 0 Å². The molecule has 0 atom stereocenters. The van der Waals surface area contributed by atoms with E-state index in [0.29, 0.717) is 11.5 Å². The highest BCUT2D eigenvalue weighted by molar-refractivity contribution is 6.28. The van der Waals surface area contributed by atoms with Crippen molar-refractivity contribution >= 4 is 39.7 Å². The Morgan fingerprint density at radius 3 is 2.68 bits per heavy atom. The molecule has 0 saturated carbocycles. The maximum atomic E-state index is 10.9. The summed E-state index contributed by atoms with van der Waals surface area (Å²) in [6.07, 6.45) is 0. The molecule has 0 spiro atoms. The minimum absolute atomic E-state index is 0.0220. The van der Waals surface area contributed by atoms with Gasteiger partial charge in [0.25, 0.3) is 5.69 Å². The summed E-state index contributed by atoms with van der Waals surface area (Å²) in [7, 11) is 1.78. The zero-order valence-electron chi connectivity index (χ0n) is 11.6. The molecule has 0 aliphatic rings. The number of fused-ring (bicyclic) bond motifs is 1. The SMILES string of the molecule is CN(c1cccc([N+](=O)[O-])c1)c1nc(Cl)nc2ccccc12. The Kier molecular flexibility index (Phi) is 3.60. The molecule has 6 nitrogen and oxygen atoms in total. The van der Waals surface area contributed by atoms with E-state index in [2.05, 4.69) is 9.97 Å². The lowest BCUT2D eigenvalue weighted by molar-refractivity contribution is -0.384. The molecule has 0 unspecified atom stereocenters. The number of nitro benzene ring substituents is 1. The second-order valence-electron chi connectivity index (χ2n) is 4.67. The number of nitro groups is 1. The molecular formula is C15H11ClN4O2. The molecule has 0 aliphatic heterocycles. The van der Waals surface area contributed by atoms with Crippen LogP contribution in [0.15, 0.2) is 48.5 Å². The topological polar surface area (TPSA) is 72.2 Å². The minimum atomic E-state index is -0.428. The van der Waals surface area contributed by atoms with Crippen molar-refractivity contribution in [3.8, 4) is 0 Å². The van der Waals surface area contributed by atoms with E-state index in [0.717, 1.165) is 10.9 Å². The zero-order chi connectivity index (χ0) is 15.7. The van der Waals surface area contributed by atoms with Crippen LogP contribution >= 0.6 is 11.6 Å². The van der Waals surface area contributed by atoms with Gasteiger partial charge in [0, 0.05) is 30.3 Å². The zero-order valence-corrected chi connectivity index (χ0v) is 12.4.